The molecule has 1 N–H and O–H groups in total. The summed E-state index contributed by atoms with van der Waals surface area (Å²) in [6.07, 6.45) is 5.43. The second-order valence-corrected chi connectivity index (χ2v) is 8.93. The maximum Gasteiger partial charge on any atom is 0.177 e. The fraction of sp³-hybridized carbons (Fsp3) is 0.778. The van der Waals surface area contributed by atoms with Gasteiger partial charge in [-0.3, -0.25) is 4.90 Å². The molecule has 0 spiro atoms. The Balaban J connectivity index is 2.14. The van der Waals surface area contributed by atoms with E-state index in [1.807, 2.05) is 0 Å². The quantitative estimate of drug-likeness (QED) is 0.646. The zero-order chi connectivity index (χ0) is 10.1. The van der Waals surface area contributed by atoms with Crippen LogP contribution in [0.3, 0.4) is 0 Å². The average molecular weight is 388 g/mol. The number of aliphatic hydroxyl groups is 1. The standard InChI is InChI=1S/C9H10Br3NO/c10-7-3-5-1-2-6-4-8(11,12)9(7,14)13(5)6/h3,5-6,14H,1-2,4H2/t5-,6+,9+/m0/s1. The summed E-state index contributed by atoms with van der Waals surface area (Å²) in [7, 11) is 0. The van der Waals surface area contributed by atoms with Gasteiger partial charge in [-0.25, -0.2) is 0 Å². The minimum Gasteiger partial charge on any atom is -0.369 e. The van der Waals surface area contributed by atoms with Gasteiger partial charge in [-0.15, -0.1) is 0 Å². The molecule has 14 heavy (non-hydrogen) atoms. The highest BCUT2D eigenvalue weighted by Crippen LogP contribution is 2.62. The molecule has 78 valence electrons. The molecule has 0 aliphatic carbocycles. The van der Waals surface area contributed by atoms with Crippen molar-refractivity contribution < 1.29 is 5.11 Å². The second kappa shape index (κ2) is 2.86. The van der Waals surface area contributed by atoms with E-state index in [0.717, 1.165) is 17.3 Å². The Hall–Kier alpha value is 1.10. The summed E-state index contributed by atoms with van der Waals surface area (Å²) in [6, 6.07) is 0.909. The van der Waals surface area contributed by atoms with Gasteiger partial charge in [0.2, 0.25) is 0 Å². The molecule has 2 saturated heterocycles. The average Bonchev–Trinajstić information content (AvgIpc) is 2.61. The molecule has 0 bridgehead atoms. The molecule has 3 rings (SSSR count). The topological polar surface area (TPSA) is 23.5 Å². The first-order valence-corrected chi connectivity index (χ1v) is 7.11. The van der Waals surface area contributed by atoms with Crippen molar-refractivity contribution in [3.63, 3.8) is 0 Å². The summed E-state index contributed by atoms with van der Waals surface area (Å²) < 4.78 is 0.494. The summed E-state index contributed by atoms with van der Waals surface area (Å²) >= 11 is 10.7. The Kier molecular flexibility index (Phi) is 2.10. The molecular weight excluding hydrogens is 378 g/mol. The van der Waals surface area contributed by atoms with Crippen LogP contribution in [0.5, 0.6) is 0 Å². The van der Waals surface area contributed by atoms with Crippen LogP contribution >= 0.6 is 47.8 Å². The van der Waals surface area contributed by atoms with Crippen LogP contribution in [0.2, 0.25) is 0 Å². The maximum atomic E-state index is 10.7. The van der Waals surface area contributed by atoms with E-state index in [4.69, 9.17) is 0 Å². The van der Waals surface area contributed by atoms with Gasteiger partial charge in [0.1, 0.15) is 3.23 Å². The molecule has 3 atom stereocenters. The number of rotatable bonds is 0. The molecule has 2 fully saturated rings. The number of halogens is 3. The molecule has 0 aromatic carbocycles. The maximum absolute atomic E-state index is 10.7. The van der Waals surface area contributed by atoms with E-state index in [1.165, 1.54) is 6.42 Å². The summed E-state index contributed by atoms with van der Waals surface area (Å²) in [5.41, 5.74) is -0.890. The lowest BCUT2D eigenvalue weighted by molar-refractivity contribution is -0.0413. The third kappa shape index (κ3) is 0.986. The first-order valence-electron chi connectivity index (χ1n) is 4.73. The van der Waals surface area contributed by atoms with Crippen LogP contribution in [0.15, 0.2) is 10.6 Å². The van der Waals surface area contributed by atoms with Crippen LogP contribution in [0.1, 0.15) is 19.3 Å². The Morgan fingerprint density at radius 1 is 1.43 bits per heavy atom. The summed E-state index contributed by atoms with van der Waals surface area (Å²) in [5.74, 6) is 0. The molecule has 0 amide bonds. The molecule has 5 heteroatoms. The van der Waals surface area contributed by atoms with Crippen molar-refractivity contribution in [1.29, 1.82) is 0 Å². The van der Waals surface area contributed by atoms with Crippen LogP contribution in [0.25, 0.3) is 0 Å². The van der Waals surface area contributed by atoms with Gasteiger partial charge in [0, 0.05) is 16.6 Å². The van der Waals surface area contributed by atoms with Crippen molar-refractivity contribution in [3.05, 3.63) is 10.6 Å². The van der Waals surface area contributed by atoms with Crippen molar-refractivity contribution in [2.75, 3.05) is 0 Å². The normalized spacial score (nSPS) is 49.6. The number of nitrogens with zero attached hydrogens (tertiary/aromatic N) is 1. The molecule has 0 radical (unpaired) electrons. The Morgan fingerprint density at radius 2 is 2.14 bits per heavy atom. The van der Waals surface area contributed by atoms with Crippen molar-refractivity contribution in [1.82, 2.24) is 4.90 Å². The van der Waals surface area contributed by atoms with Gasteiger partial charge in [0.25, 0.3) is 0 Å². The third-order valence-corrected chi connectivity index (χ3v) is 6.16. The van der Waals surface area contributed by atoms with Gasteiger partial charge in [-0.1, -0.05) is 53.9 Å². The largest absolute Gasteiger partial charge is 0.369 e. The minimum atomic E-state index is -0.890. The van der Waals surface area contributed by atoms with Gasteiger partial charge in [-0.2, -0.15) is 0 Å². The molecule has 0 unspecified atom stereocenters. The van der Waals surface area contributed by atoms with Crippen LogP contribution < -0.4 is 0 Å². The van der Waals surface area contributed by atoms with Crippen molar-refractivity contribution in [2.45, 2.75) is 40.3 Å². The molecule has 2 nitrogen and oxygen atoms in total. The van der Waals surface area contributed by atoms with E-state index in [2.05, 4.69) is 58.8 Å². The molecule has 3 heterocycles. The highest BCUT2D eigenvalue weighted by atomic mass is 79.9. The molecule has 0 aromatic rings. The smallest absolute Gasteiger partial charge is 0.177 e. The lowest BCUT2D eigenvalue weighted by Gasteiger charge is -2.36. The Morgan fingerprint density at radius 3 is 2.86 bits per heavy atom. The van der Waals surface area contributed by atoms with Gasteiger partial charge in [0.05, 0.1) is 0 Å². The first-order chi connectivity index (χ1) is 6.47. The molecule has 3 aliphatic rings. The lowest BCUT2D eigenvalue weighted by Crippen LogP contribution is -2.51. The van der Waals surface area contributed by atoms with E-state index in [1.54, 1.807) is 0 Å². The van der Waals surface area contributed by atoms with Crippen LogP contribution in [0.4, 0.5) is 0 Å². The van der Waals surface area contributed by atoms with E-state index in [9.17, 15) is 5.11 Å². The summed E-state index contributed by atoms with van der Waals surface area (Å²) in [5, 5.41) is 10.7. The van der Waals surface area contributed by atoms with Crippen molar-refractivity contribution in [3.8, 4) is 0 Å². The highest BCUT2D eigenvalue weighted by molar-refractivity contribution is 9.25. The predicted octanol–water partition coefficient (Wildman–Crippen LogP) is 2.69. The zero-order valence-electron chi connectivity index (χ0n) is 7.38. The first kappa shape index (κ1) is 10.3. The fourth-order valence-corrected chi connectivity index (χ4v) is 5.96. The summed E-state index contributed by atoms with van der Waals surface area (Å²) in [4.78, 5) is 2.22. The minimum absolute atomic E-state index is 0.401. The summed E-state index contributed by atoms with van der Waals surface area (Å²) in [6.45, 7) is 0. The van der Waals surface area contributed by atoms with Crippen molar-refractivity contribution >= 4 is 47.8 Å². The Bertz CT molecular complexity index is 330. The van der Waals surface area contributed by atoms with Crippen LogP contribution in [-0.2, 0) is 0 Å². The fourth-order valence-electron chi connectivity index (χ4n) is 2.99. The highest BCUT2D eigenvalue weighted by Gasteiger charge is 2.67. The number of hydrogen-bond donors (Lipinski definition) is 1. The monoisotopic (exact) mass is 385 g/mol. The van der Waals surface area contributed by atoms with Crippen LogP contribution in [-0.4, -0.2) is 31.0 Å². The van der Waals surface area contributed by atoms with E-state index < -0.39 is 8.96 Å². The van der Waals surface area contributed by atoms with Gasteiger partial charge < -0.3 is 5.11 Å². The Labute approximate surface area is 108 Å². The molecule has 0 saturated carbocycles. The molecule has 0 aromatic heterocycles. The number of hydrogen-bond acceptors (Lipinski definition) is 2. The molecular formula is C9H10Br3NO. The predicted molar refractivity (Wildman–Crippen MR) is 65.8 cm³/mol. The van der Waals surface area contributed by atoms with Gasteiger partial charge >= 0.3 is 0 Å². The third-order valence-electron chi connectivity index (χ3n) is 3.59. The van der Waals surface area contributed by atoms with Gasteiger partial charge in [-0.05, 0) is 19.3 Å². The second-order valence-electron chi connectivity index (χ2n) is 4.30. The van der Waals surface area contributed by atoms with E-state index >= 15 is 0 Å². The van der Waals surface area contributed by atoms with E-state index in [-0.39, 0.29) is 0 Å². The van der Waals surface area contributed by atoms with Gasteiger partial charge in [0.15, 0.2) is 5.72 Å². The van der Waals surface area contributed by atoms with Crippen molar-refractivity contribution in [2.24, 2.45) is 0 Å². The SMILES string of the molecule is O[C@]12C(Br)=C[C@@H]3CC[C@H](CC1(Br)Br)N32. The van der Waals surface area contributed by atoms with Crippen LogP contribution in [0, 0.1) is 0 Å². The van der Waals surface area contributed by atoms with E-state index in [0.29, 0.717) is 12.1 Å². The lowest BCUT2D eigenvalue weighted by atomic mass is 10.1. The number of alkyl halides is 2. The molecule has 3 aliphatic heterocycles. The zero-order valence-corrected chi connectivity index (χ0v) is 12.1.